The first-order chi connectivity index (χ1) is 11.9. The minimum Gasteiger partial charge on any atom is -0.446 e. The average Bonchev–Trinajstić information content (AvgIpc) is 3.00. The van der Waals surface area contributed by atoms with Crippen molar-refractivity contribution in [3.8, 4) is 5.75 Å². The highest BCUT2D eigenvalue weighted by molar-refractivity contribution is 9.10. The van der Waals surface area contributed by atoms with Gasteiger partial charge in [-0.25, -0.2) is 0 Å². The fourth-order valence-electron chi connectivity index (χ4n) is 2.39. The van der Waals surface area contributed by atoms with Gasteiger partial charge >= 0.3 is 5.97 Å². The van der Waals surface area contributed by atoms with Gasteiger partial charge in [0.1, 0.15) is 5.75 Å². The molecular formula is C18H15BrN2O4. The Kier molecular flexibility index (Phi) is 4.85. The molecule has 2 aromatic rings. The van der Waals surface area contributed by atoms with Gasteiger partial charge < -0.3 is 9.47 Å². The van der Waals surface area contributed by atoms with Gasteiger partial charge in [0.05, 0.1) is 0 Å². The first kappa shape index (κ1) is 17.2. The lowest BCUT2D eigenvalue weighted by molar-refractivity contribution is -0.135. The summed E-state index contributed by atoms with van der Waals surface area (Å²) >= 11 is 3.41. The van der Waals surface area contributed by atoms with Crippen LogP contribution < -0.4 is 4.74 Å². The molecule has 1 atom stereocenters. The Hall–Kier alpha value is -2.67. The lowest BCUT2D eigenvalue weighted by atomic mass is 10.2. The molecule has 1 aliphatic heterocycles. The second-order valence-corrected chi connectivity index (χ2v) is 6.33. The van der Waals surface area contributed by atoms with Crippen LogP contribution in [0, 0.1) is 0 Å². The van der Waals surface area contributed by atoms with Gasteiger partial charge in [0.25, 0.3) is 0 Å². The van der Waals surface area contributed by atoms with Crippen molar-refractivity contribution >= 4 is 33.7 Å². The molecule has 0 bridgehead atoms. The zero-order chi connectivity index (χ0) is 18.0. The molecule has 6 nitrogen and oxygen atoms in total. The van der Waals surface area contributed by atoms with Crippen LogP contribution >= 0.6 is 15.9 Å². The third kappa shape index (κ3) is 3.88. The number of nitrogens with zero attached hydrogens (tertiary/aromatic N) is 2. The van der Waals surface area contributed by atoms with E-state index in [0.29, 0.717) is 11.6 Å². The van der Waals surface area contributed by atoms with Crippen LogP contribution in [0.4, 0.5) is 0 Å². The summed E-state index contributed by atoms with van der Waals surface area (Å²) in [7, 11) is 0. The Morgan fingerprint density at radius 2 is 1.88 bits per heavy atom. The van der Waals surface area contributed by atoms with Gasteiger partial charge in [0.15, 0.2) is 0 Å². The van der Waals surface area contributed by atoms with Gasteiger partial charge in [0.2, 0.25) is 18.0 Å². The Morgan fingerprint density at radius 3 is 2.48 bits per heavy atom. The molecule has 1 amide bonds. The van der Waals surface area contributed by atoms with E-state index in [1.54, 1.807) is 24.3 Å². The summed E-state index contributed by atoms with van der Waals surface area (Å²) in [5.74, 6) is 0.164. The van der Waals surface area contributed by atoms with E-state index in [1.807, 2.05) is 24.3 Å². The Morgan fingerprint density at radius 1 is 1.16 bits per heavy atom. The highest BCUT2D eigenvalue weighted by Gasteiger charge is 2.33. The molecule has 1 heterocycles. The van der Waals surface area contributed by atoms with Crippen LogP contribution in [0.15, 0.2) is 58.1 Å². The average molecular weight is 403 g/mol. The standard InChI is InChI=1S/C18H15BrN2O4/c1-11(22)21-18(13-6-8-16(9-7-13)24-12(2)23)25-17(20-21)14-4-3-5-15(19)10-14/h3-10,18H,1-2H3. The highest BCUT2D eigenvalue weighted by Crippen LogP contribution is 2.31. The summed E-state index contributed by atoms with van der Waals surface area (Å²) in [5.41, 5.74) is 1.49. The van der Waals surface area contributed by atoms with E-state index < -0.39 is 12.2 Å². The van der Waals surface area contributed by atoms with Crippen LogP contribution in [0.3, 0.4) is 0 Å². The number of hydrogen-bond donors (Lipinski definition) is 0. The molecule has 0 aromatic heterocycles. The van der Waals surface area contributed by atoms with Crippen molar-refractivity contribution < 1.29 is 19.1 Å². The molecule has 1 unspecified atom stereocenters. The van der Waals surface area contributed by atoms with Crippen molar-refractivity contribution in [1.29, 1.82) is 0 Å². The van der Waals surface area contributed by atoms with Crippen LogP contribution in [0.25, 0.3) is 0 Å². The lowest BCUT2D eigenvalue weighted by Gasteiger charge is -2.19. The molecule has 0 aliphatic carbocycles. The van der Waals surface area contributed by atoms with Crippen molar-refractivity contribution in [3.05, 3.63) is 64.1 Å². The molecule has 2 aromatic carbocycles. The Bertz CT molecular complexity index is 848. The number of benzene rings is 2. The summed E-state index contributed by atoms with van der Waals surface area (Å²) in [4.78, 5) is 22.9. The SMILES string of the molecule is CC(=O)Oc1ccc(C2OC(c3cccc(Br)c3)=NN2C(C)=O)cc1. The number of rotatable bonds is 3. The van der Waals surface area contributed by atoms with E-state index in [1.165, 1.54) is 18.9 Å². The first-order valence-electron chi connectivity index (χ1n) is 7.53. The fourth-order valence-corrected chi connectivity index (χ4v) is 2.79. The van der Waals surface area contributed by atoms with Gasteiger partial charge in [-0.2, -0.15) is 5.01 Å². The van der Waals surface area contributed by atoms with Crippen LogP contribution in [0.1, 0.15) is 31.2 Å². The van der Waals surface area contributed by atoms with Gasteiger partial charge in [-0.1, -0.05) is 22.0 Å². The molecular weight excluding hydrogens is 388 g/mol. The third-order valence-electron chi connectivity index (χ3n) is 3.46. The number of esters is 1. The summed E-state index contributed by atoms with van der Waals surface area (Å²) in [5, 5.41) is 5.59. The molecule has 0 saturated carbocycles. The predicted octanol–water partition coefficient (Wildman–Crippen LogP) is 3.61. The molecule has 25 heavy (non-hydrogen) atoms. The van der Waals surface area contributed by atoms with Crippen LogP contribution in [-0.4, -0.2) is 22.8 Å². The molecule has 0 radical (unpaired) electrons. The first-order valence-corrected chi connectivity index (χ1v) is 8.33. The number of ether oxygens (including phenoxy) is 2. The maximum Gasteiger partial charge on any atom is 0.308 e. The quantitative estimate of drug-likeness (QED) is 0.580. The summed E-state index contributed by atoms with van der Waals surface area (Å²) in [6.07, 6.45) is -0.669. The van der Waals surface area contributed by atoms with E-state index in [4.69, 9.17) is 9.47 Å². The number of amides is 1. The van der Waals surface area contributed by atoms with Crippen molar-refractivity contribution in [1.82, 2.24) is 5.01 Å². The third-order valence-corrected chi connectivity index (χ3v) is 3.96. The zero-order valence-corrected chi connectivity index (χ0v) is 15.2. The topological polar surface area (TPSA) is 68.2 Å². The number of hydrogen-bond acceptors (Lipinski definition) is 5. The summed E-state index contributed by atoms with van der Waals surface area (Å²) < 4.78 is 11.8. The molecule has 1 aliphatic rings. The number of carbonyl (C=O) groups excluding carboxylic acids is 2. The minimum absolute atomic E-state index is 0.237. The van der Waals surface area contributed by atoms with Crippen LogP contribution in [-0.2, 0) is 14.3 Å². The Labute approximate surface area is 153 Å². The maximum atomic E-state index is 11.9. The van der Waals surface area contributed by atoms with Crippen molar-refractivity contribution in [2.75, 3.05) is 0 Å². The van der Waals surface area contributed by atoms with Crippen molar-refractivity contribution in [2.45, 2.75) is 20.1 Å². The number of hydrazone groups is 1. The highest BCUT2D eigenvalue weighted by atomic mass is 79.9. The molecule has 0 spiro atoms. The van der Waals surface area contributed by atoms with Crippen molar-refractivity contribution in [2.24, 2.45) is 5.10 Å². The van der Waals surface area contributed by atoms with Gasteiger partial charge in [0, 0.05) is 29.4 Å². The van der Waals surface area contributed by atoms with Crippen LogP contribution in [0.5, 0.6) is 5.75 Å². The van der Waals surface area contributed by atoms with E-state index in [2.05, 4.69) is 21.0 Å². The van der Waals surface area contributed by atoms with E-state index in [9.17, 15) is 9.59 Å². The molecule has 0 N–H and O–H groups in total. The van der Waals surface area contributed by atoms with E-state index >= 15 is 0 Å². The minimum atomic E-state index is -0.669. The molecule has 0 fully saturated rings. The largest absolute Gasteiger partial charge is 0.446 e. The van der Waals surface area contributed by atoms with Gasteiger partial charge in [-0.15, -0.1) is 5.10 Å². The van der Waals surface area contributed by atoms with E-state index in [-0.39, 0.29) is 5.91 Å². The number of carbonyl (C=O) groups is 2. The maximum absolute atomic E-state index is 11.9. The van der Waals surface area contributed by atoms with Gasteiger partial charge in [-0.3, -0.25) is 9.59 Å². The number of halogens is 1. The zero-order valence-electron chi connectivity index (χ0n) is 13.6. The molecule has 128 valence electrons. The van der Waals surface area contributed by atoms with Crippen LogP contribution in [0.2, 0.25) is 0 Å². The summed E-state index contributed by atoms with van der Waals surface area (Å²) in [6.45, 7) is 2.76. The van der Waals surface area contributed by atoms with Crippen molar-refractivity contribution in [3.63, 3.8) is 0 Å². The fraction of sp³-hybridized carbons (Fsp3) is 0.167. The molecule has 7 heteroatoms. The Balaban J connectivity index is 1.87. The van der Waals surface area contributed by atoms with E-state index in [0.717, 1.165) is 15.6 Å². The normalized spacial score (nSPS) is 16.2. The predicted molar refractivity (Wildman–Crippen MR) is 94.8 cm³/mol. The smallest absolute Gasteiger partial charge is 0.308 e. The molecule has 0 saturated heterocycles. The summed E-state index contributed by atoms with van der Waals surface area (Å²) in [6, 6.07) is 14.2. The van der Waals surface area contributed by atoms with Gasteiger partial charge in [-0.05, 0) is 42.5 Å². The monoisotopic (exact) mass is 402 g/mol. The molecule has 3 rings (SSSR count). The lowest BCUT2D eigenvalue weighted by Crippen LogP contribution is -2.25. The second kappa shape index (κ2) is 7.06. The second-order valence-electron chi connectivity index (χ2n) is 5.41.